The van der Waals surface area contributed by atoms with E-state index in [9.17, 15) is 0 Å². The number of hydrogen-bond acceptors (Lipinski definition) is 6. The molecule has 0 aliphatic carbocycles. The third-order valence-corrected chi connectivity index (χ3v) is 6.10. The van der Waals surface area contributed by atoms with Gasteiger partial charge in [0, 0.05) is 49.7 Å². The van der Waals surface area contributed by atoms with Gasteiger partial charge in [-0.15, -0.1) is 10.2 Å². The van der Waals surface area contributed by atoms with Crippen LogP contribution in [0.2, 0.25) is 0 Å². The molecule has 0 amide bonds. The molecule has 0 radical (unpaired) electrons. The number of anilines is 1. The average molecular weight is 415 g/mol. The third kappa shape index (κ3) is 4.59. The summed E-state index contributed by atoms with van der Waals surface area (Å²) < 4.78 is 0. The van der Waals surface area contributed by atoms with E-state index >= 15 is 0 Å². The monoisotopic (exact) mass is 414 g/mol. The van der Waals surface area contributed by atoms with Crippen molar-refractivity contribution in [2.75, 3.05) is 32.1 Å². The standard InChI is InChI=1S/C25H30N6/c1-27-23(12-15-26)24-21-10-6-7-11-22(21)25(29-28-24)31-16-13-20(14-17-31)30(2)18-19-8-4-3-5-9-19/h3-12,15,20,26-27H,13-14,16-18H2,1-2H3/b23-12-,26-15?. The molecule has 0 spiro atoms. The molecule has 0 atom stereocenters. The predicted octanol–water partition coefficient (Wildman–Crippen LogP) is 3.94. The molecule has 1 aliphatic rings. The molecular weight excluding hydrogens is 384 g/mol. The highest BCUT2D eigenvalue weighted by Gasteiger charge is 2.25. The number of hydrogen-bond donors (Lipinski definition) is 2. The summed E-state index contributed by atoms with van der Waals surface area (Å²) in [5.41, 5.74) is 2.94. The minimum absolute atomic E-state index is 0.571. The number of benzene rings is 2. The normalized spacial score (nSPS) is 15.5. The summed E-state index contributed by atoms with van der Waals surface area (Å²) in [6, 6.07) is 19.5. The summed E-state index contributed by atoms with van der Waals surface area (Å²) in [7, 11) is 4.07. The number of piperidine rings is 1. The Morgan fingerprint density at radius 3 is 2.42 bits per heavy atom. The van der Waals surface area contributed by atoms with Crippen LogP contribution in [-0.4, -0.2) is 54.5 Å². The van der Waals surface area contributed by atoms with Gasteiger partial charge in [-0.25, -0.2) is 0 Å². The number of aromatic nitrogens is 2. The maximum absolute atomic E-state index is 7.42. The van der Waals surface area contributed by atoms with E-state index in [4.69, 9.17) is 5.41 Å². The lowest BCUT2D eigenvalue weighted by molar-refractivity contribution is 0.200. The van der Waals surface area contributed by atoms with Gasteiger partial charge < -0.3 is 15.6 Å². The first-order valence-corrected chi connectivity index (χ1v) is 10.8. The Balaban J connectivity index is 1.52. The van der Waals surface area contributed by atoms with Crippen molar-refractivity contribution < 1.29 is 0 Å². The van der Waals surface area contributed by atoms with Crippen molar-refractivity contribution in [1.82, 2.24) is 20.4 Å². The van der Waals surface area contributed by atoms with Gasteiger partial charge in [-0.3, -0.25) is 4.90 Å². The zero-order valence-electron chi connectivity index (χ0n) is 18.3. The van der Waals surface area contributed by atoms with Gasteiger partial charge in [-0.05, 0) is 31.5 Å². The minimum Gasteiger partial charge on any atom is -0.386 e. The molecule has 0 unspecified atom stereocenters. The van der Waals surface area contributed by atoms with Crippen molar-refractivity contribution in [2.24, 2.45) is 0 Å². The molecule has 0 saturated carbocycles. The van der Waals surface area contributed by atoms with Gasteiger partial charge in [0.05, 0.1) is 5.70 Å². The molecule has 1 saturated heterocycles. The molecule has 2 heterocycles. The first-order valence-electron chi connectivity index (χ1n) is 10.8. The first kappa shape index (κ1) is 21.0. The van der Waals surface area contributed by atoms with Crippen molar-refractivity contribution in [3.63, 3.8) is 0 Å². The van der Waals surface area contributed by atoms with Crippen LogP contribution < -0.4 is 10.2 Å². The van der Waals surface area contributed by atoms with Crippen molar-refractivity contribution in [3.8, 4) is 0 Å². The van der Waals surface area contributed by atoms with E-state index in [0.717, 1.165) is 60.5 Å². The van der Waals surface area contributed by atoms with E-state index < -0.39 is 0 Å². The molecule has 1 fully saturated rings. The van der Waals surface area contributed by atoms with E-state index in [-0.39, 0.29) is 0 Å². The van der Waals surface area contributed by atoms with Crippen LogP contribution >= 0.6 is 0 Å². The molecule has 6 heteroatoms. The van der Waals surface area contributed by atoms with Crippen molar-refractivity contribution >= 4 is 28.5 Å². The van der Waals surface area contributed by atoms with Gasteiger partial charge in [-0.2, -0.15) is 0 Å². The minimum atomic E-state index is 0.571. The molecule has 0 bridgehead atoms. The van der Waals surface area contributed by atoms with Gasteiger partial charge in [-0.1, -0.05) is 54.6 Å². The maximum atomic E-state index is 7.42. The summed E-state index contributed by atoms with van der Waals surface area (Å²) in [6.45, 7) is 2.92. The van der Waals surface area contributed by atoms with Gasteiger partial charge in [0.15, 0.2) is 5.82 Å². The van der Waals surface area contributed by atoms with Crippen LogP contribution in [-0.2, 0) is 6.54 Å². The lowest BCUT2D eigenvalue weighted by Crippen LogP contribution is -2.43. The Kier molecular flexibility index (Phi) is 6.57. The van der Waals surface area contributed by atoms with Crippen LogP contribution in [0, 0.1) is 5.41 Å². The van der Waals surface area contributed by atoms with E-state index in [1.807, 2.05) is 13.1 Å². The molecule has 160 valence electrons. The van der Waals surface area contributed by atoms with Gasteiger partial charge in [0.25, 0.3) is 0 Å². The van der Waals surface area contributed by atoms with Crippen molar-refractivity contribution in [1.29, 1.82) is 5.41 Å². The summed E-state index contributed by atoms with van der Waals surface area (Å²) in [5, 5.41) is 21.9. The molecule has 3 aromatic rings. The van der Waals surface area contributed by atoms with Crippen molar-refractivity contribution in [3.05, 3.63) is 71.9 Å². The van der Waals surface area contributed by atoms with Crippen LogP contribution in [0.25, 0.3) is 16.5 Å². The number of nitrogens with zero attached hydrogens (tertiary/aromatic N) is 4. The summed E-state index contributed by atoms with van der Waals surface area (Å²) in [6.07, 6.45) is 5.20. The highest BCUT2D eigenvalue weighted by atomic mass is 15.3. The lowest BCUT2D eigenvalue weighted by Gasteiger charge is -2.37. The molecule has 31 heavy (non-hydrogen) atoms. The second-order valence-corrected chi connectivity index (χ2v) is 8.03. The molecule has 1 aromatic heterocycles. The van der Waals surface area contributed by atoms with Gasteiger partial charge >= 0.3 is 0 Å². The number of allylic oxidation sites excluding steroid dienone is 1. The van der Waals surface area contributed by atoms with E-state index in [2.05, 4.69) is 80.9 Å². The number of fused-ring (bicyclic) bond motifs is 1. The van der Waals surface area contributed by atoms with Crippen LogP contribution in [0.3, 0.4) is 0 Å². The predicted molar refractivity (Wildman–Crippen MR) is 129 cm³/mol. The maximum Gasteiger partial charge on any atom is 0.159 e. The van der Waals surface area contributed by atoms with Crippen LogP contribution in [0.5, 0.6) is 0 Å². The SMILES string of the molecule is CN/C(=C\C=N)c1nnc(N2CCC(N(C)Cc3ccccc3)CC2)c2ccccc12. The Morgan fingerprint density at radius 1 is 1.06 bits per heavy atom. The smallest absolute Gasteiger partial charge is 0.159 e. The Bertz CT molecular complexity index is 1050. The number of nitrogens with one attached hydrogen (secondary N) is 2. The molecule has 2 aromatic carbocycles. The fraction of sp³-hybridized carbons (Fsp3) is 0.320. The molecule has 1 aliphatic heterocycles. The molecule has 4 rings (SSSR count). The van der Waals surface area contributed by atoms with Gasteiger partial charge in [0.1, 0.15) is 5.69 Å². The Morgan fingerprint density at radius 2 is 1.74 bits per heavy atom. The zero-order valence-corrected chi connectivity index (χ0v) is 18.3. The van der Waals surface area contributed by atoms with E-state index in [0.29, 0.717) is 6.04 Å². The average Bonchev–Trinajstić information content (AvgIpc) is 2.83. The Labute approximate surface area is 184 Å². The molecule has 2 N–H and O–H groups in total. The highest BCUT2D eigenvalue weighted by Crippen LogP contribution is 2.30. The topological polar surface area (TPSA) is 68.1 Å². The fourth-order valence-electron chi connectivity index (χ4n) is 4.41. The van der Waals surface area contributed by atoms with Crippen LogP contribution in [0.15, 0.2) is 60.7 Å². The quantitative estimate of drug-likeness (QED) is 0.573. The fourth-order valence-corrected chi connectivity index (χ4v) is 4.41. The van der Waals surface area contributed by atoms with Crippen LogP contribution in [0.1, 0.15) is 24.1 Å². The molecular formula is C25H30N6. The largest absolute Gasteiger partial charge is 0.386 e. The van der Waals surface area contributed by atoms with E-state index in [1.165, 1.54) is 11.8 Å². The summed E-state index contributed by atoms with van der Waals surface area (Å²) in [4.78, 5) is 4.84. The van der Waals surface area contributed by atoms with Crippen molar-refractivity contribution in [2.45, 2.75) is 25.4 Å². The van der Waals surface area contributed by atoms with Gasteiger partial charge in [0.2, 0.25) is 0 Å². The summed E-state index contributed by atoms with van der Waals surface area (Å²) >= 11 is 0. The second-order valence-electron chi connectivity index (χ2n) is 8.03. The lowest BCUT2D eigenvalue weighted by atomic mass is 10.0. The van der Waals surface area contributed by atoms with Crippen LogP contribution in [0.4, 0.5) is 5.82 Å². The third-order valence-electron chi connectivity index (χ3n) is 6.10. The Hall–Kier alpha value is -3.25. The zero-order chi connectivity index (χ0) is 21.6. The molecule has 6 nitrogen and oxygen atoms in total. The number of rotatable bonds is 7. The first-order chi connectivity index (χ1) is 15.2. The second kappa shape index (κ2) is 9.71. The summed E-state index contributed by atoms with van der Waals surface area (Å²) in [5.74, 6) is 0.953. The van der Waals surface area contributed by atoms with E-state index in [1.54, 1.807) is 6.08 Å². The highest BCUT2D eigenvalue weighted by molar-refractivity contribution is 5.99.